The van der Waals surface area contributed by atoms with Gasteiger partial charge in [-0.15, -0.1) is 11.3 Å². The molecule has 0 amide bonds. The van der Waals surface area contributed by atoms with Gasteiger partial charge < -0.3 is 13.7 Å². The Kier molecular flexibility index (Phi) is 8.40. The van der Waals surface area contributed by atoms with Crippen LogP contribution >= 0.6 is 11.3 Å². The molecule has 3 aromatic heterocycles. The van der Waals surface area contributed by atoms with Crippen LogP contribution in [0.3, 0.4) is 0 Å². The van der Waals surface area contributed by atoms with Crippen LogP contribution in [0, 0.1) is 0 Å². The monoisotopic (exact) mass is 835 g/mol. The molecule has 300 valence electrons. The van der Waals surface area contributed by atoms with Gasteiger partial charge in [0.1, 0.15) is 22.3 Å². The first-order valence-corrected chi connectivity index (χ1v) is 22.5. The summed E-state index contributed by atoms with van der Waals surface area (Å²) in [6.45, 7) is 0. The smallest absolute Gasteiger partial charge is 0.136 e. The predicted octanol–water partition coefficient (Wildman–Crippen LogP) is 18.0. The van der Waals surface area contributed by atoms with E-state index in [9.17, 15) is 0 Å². The molecule has 13 aromatic rings. The number of fused-ring (bicyclic) bond motifs is 9. The van der Waals surface area contributed by atoms with Crippen molar-refractivity contribution in [2.75, 3.05) is 4.90 Å². The SMILES string of the molecule is c1cc(-c2ccc(N(c3ccc(-c4cccc5oc6ccccc6c45)cc3)c3ccc(-c4cccc5oc6ccccc6c45)cc3)cc2)cc(-c2cccc3c2sc2ccccc23)c1. The Morgan fingerprint density at radius 1 is 0.297 bits per heavy atom. The van der Waals surface area contributed by atoms with E-state index in [-0.39, 0.29) is 0 Å². The number of hydrogen-bond acceptors (Lipinski definition) is 4. The Morgan fingerprint density at radius 2 is 0.734 bits per heavy atom. The summed E-state index contributed by atoms with van der Waals surface area (Å²) in [6, 6.07) is 80.4. The standard InChI is InChI=1S/C60H37NO2S/c1-4-20-53-51(14-1)58-46(16-9-22-55(58)62-53)39-27-33-44(34-28-39)61(45-35-29-40(30-36-45)47-17-10-23-56-59(47)52-15-2-5-21-54(52)63-56)43-31-25-38(26-32-43)41-11-7-12-42(37-41)48-18-8-19-50-49-13-3-6-24-57(49)64-60(48)50/h1-37H. The average Bonchev–Trinajstić information content (AvgIpc) is 4.06. The van der Waals surface area contributed by atoms with Crippen LogP contribution in [0.15, 0.2) is 233 Å². The van der Waals surface area contributed by atoms with E-state index in [1.807, 2.05) is 35.6 Å². The van der Waals surface area contributed by atoms with E-state index in [2.05, 4.69) is 205 Å². The summed E-state index contributed by atoms with van der Waals surface area (Å²) in [5, 5.41) is 7.16. The zero-order valence-corrected chi connectivity index (χ0v) is 35.4. The Hall–Kier alpha value is -8.18. The molecule has 0 spiro atoms. The van der Waals surface area contributed by atoms with Crippen LogP contribution in [-0.2, 0) is 0 Å². The summed E-state index contributed by atoms with van der Waals surface area (Å²) in [6.07, 6.45) is 0. The molecule has 0 N–H and O–H groups in total. The molecular formula is C60H37NO2S. The first-order valence-electron chi connectivity index (χ1n) is 21.6. The fourth-order valence-corrected chi connectivity index (χ4v) is 10.9. The summed E-state index contributed by atoms with van der Waals surface area (Å²) in [5.41, 5.74) is 16.2. The second kappa shape index (κ2) is 14.7. The Balaban J connectivity index is 0.893. The number of para-hydroxylation sites is 2. The Bertz CT molecular complexity index is 3730. The molecule has 0 aliphatic heterocycles. The van der Waals surface area contributed by atoms with Crippen LogP contribution in [-0.4, -0.2) is 0 Å². The maximum absolute atomic E-state index is 6.26. The lowest BCUT2D eigenvalue weighted by molar-refractivity contribution is 0.668. The van der Waals surface area contributed by atoms with Crippen LogP contribution in [0.25, 0.3) is 109 Å². The van der Waals surface area contributed by atoms with Crippen LogP contribution in [0.4, 0.5) is 17.1 Å². The lowest BCUT2D eigenvalue weighted by Crippen LogP contribution is -2.09. The van der Waals surface area contributed by atoms with Crippen molar-refractivity contribution in [2.45, 2.75) is 0 Å². The third-order valence-electron chi connectivity index (χ3n) is 12.7. The lowest BCUT2D eigenvalue weighted by atomic mass is 9.97. The highest BCUT2D eigenvalue weighted by atomic mass is 32.1. The van der Waals surface area contributed by atoms with Gasteiger partial charge in [-0.2, -0.15) is 0 Å². The quantitative estimate of drug-likeness (QED) is 0.160. The van der Waals surface area contributed by atoms with Crippen molar-refractivity contribution in [3.63, 3.8) is 0 Å². The highest BCUT2D eigenvalue weighted by Crippen LogP contribution is 2.44. The normalized spacial score (nSPS) is 11.8. The van der Waals surface area contributed by atoms with Crippen molar-refractivity contribution in [3.8, 4) is 44.5 Å². The minimum Gasteiger partial charge on any atom is -0.456 e. The third-order valence-corrected chi connectivity index (χ3v) is 13.9. The summed E-state index contributed by atoms with van der Waals surface area (Å²) >= 11 is 1.87. The van der Waals surface area contributed by atoms with Gasteiger partial charge in [0.05, 0.1) is 0 Å². The van der Waals surface area contributed by atoms with E-state index in [0.717, 1.165) is 83.2 Å². The van der Waals surface area contributed by atoms with E-state index in [4.69, 9.17) is 8.83 Å². The van der Waals surface area contributed by atoms with Crippen LogP contribution in [0.2, 0.25) is 0 Å². The van der Waals surface area contributed by atoms with Crippen molar-refractivity contribution in [1.82, 2.24) is 0 Å². The fraction of sp³-hybridized carbons (Fsp3) is 0. The van der Waals surface area contributed by atoms with Crippen molar-refractivity contribution in [3.05, 3.63) is 224 Å². The molecular weight excluding hydrogens is 799 g/mol. The number of anilines is 3. The highest BCUT2D eigenvalue weighted by molar-refractivity contribution is 7.26. The topological polar surface area (TPSA) is 29.5 Å². The van der Waals surface area contributed by atoms with Crippen molar-refractivity contribution in [1.29, 1.82) is 0 Å². The second-order valence-electron chi connectivity index (χ2n) is 16.4. The van der Waals surface area contributed by atoms with Gasteiger partial charge in [0.25, 0.3) is 0 Å². The summed E-state index contributed by atoms with van der Waals surface area (Å²) in [7, 11) is 0. The number of hydrogen-bond donors (Lipinski definition) is 0. The predicted molar refractivity (Wildman–Crippen MR) is 270 cm³/mol. The first-order chi connectivity index (χ1) is 31.7. The molecule has 0 radical (unpaired) electrons. The molecule has 0 aliphatic rings. The van der Waals surface area contributed by atoms with E-state index >= 15 is 0 Å². The van der Waals surface area contributed by atoms with Gasteiger partial charge in [-0.05, 0) is 117 Å². The molecule has 0 saturated carbocycles. The minimum absolute atomic E-state index is 0.895. The van der Waals surface area contributed by atoms with Gasteiger partial charge in [-0.3, -0.25) is 0 Å². The molecule has 64 heavy (non-hydrogen) atoms. The number of nitrogens with zero attached hydrogens (tertiary/aromatic N) is 1. The van der Waals surface area contributed by atoms with Crippen molar-refractivity contribution < 1.29 is 8.83 Å². The molecule has 3 nitrogen and oxygen atoms in total. The molecule has 4 heteroatoms. The van der Waals surface area contributed by atoms with Gasteiger partial charge in [0, 0.05) is 58.8 Å². The fourth-order valence-electron chi connectivity index (χ4n) is 9.70. The van der Waals surface area contributed by atoms with Crippen LogP contribution in [0.5, 0.6) is 0 Å². The third kappa shape index (κ3) is 5.95. The number of thiophene rings is 1. The first kappa shape index (κ1) is 36.5. The maximum Gasteiger partial charge on any atom is 0.136 e. The van der Waals surface area contributed by atoms with Crippen LogP contribution in [0.1, 0.15) is 0 Å². The van der Waals surface area contributed by atoms with Gasteiger partial charge in [0.2, 0.25) is 0 Å². The van der Waals surface area contributed by atoms with Gasteiger partial charge in [-0.25, -0.2) is 0 Å². The molecule has 0 fully saturated rings. The zero-order chi connectivity index (χ0) is 42.1. The largest absolute Gasteiger partial charge is 0.456 e. The van der Waals surface area contributed by atoms with E-state index in [0.29, 0.717) is 0 Å². The zero-order valence-electron chi connectivity index (χ0n) is 34.5. The molecule has 0 atom stereocenters. The number of rotatable bonds is 7. The van der Waals surface area contributed by atoms with E-state index in [1.165, 1.54) is 42.4 Å². The van der Waals surface area contributed by atoms with Crippen molar-refractivity contribution >= 4 is 92.4 Å². The molecule has 0 aliphatic carbocycles. The molecule has 13 rings (SSSR count). The molecule has 10 aromatic carbocycles. The van der Waals surface area contributed by atoms with Gasteiger partial charge in [-0.1, -0.05) is 152 Å². The molecule has 0 unspecified atom stereocenters. The van der Waals surface area contributed by atoms with E-state index in [1.54, 1.807) is 0 Å². The second-order valence-corrected chi connectivity index (χ2v) is 17.4. The summed E-state index contributed by atoms with van der Waals surface area (Å²) < 4.78 is 15.2. The number of benzene rings is 10. The molecule has 0 saturated heterocycles. The van der Waals surface area contributed by atoms with Gasteiger partial charge in [0.15, 0.2) is 0 Å². The molecule has 3 heterocycles. The van der Waals surface area contributed by atoms with Crippen molar-refractivity contribution in [2.24, 2.45) is 0 Å². The summed E-state index contributed by atoms with van der Waals surface area (Å²) in [5.74, 6) is 0. The lowest BCUT2D eigenvalue weighted by Gasteiger charge is -2.26. The Labute approximate surface area is 373 Å². The highest BCUT2D eigenvalue weighted by Gasteiger charge is 2.18. The Morgan fingerprint density at radius 3 is 1.33 bits per heavy atom. The van der Waals surface area contributed by atoms with Crippen LogP contribution < -0.4 is 4.90 Å². The van der Waals surface area contributed by atoms with E-state index < -0.39 is 0 Å². The number of furan rings is 2. The average molecular weight is 836 g/mol. The summed E-state index contributed by atoms with van der Waals surface area (Å²) in [4.78, 5) is 2.34. The minimum atomic E-state index is 0.895. The maximum atomic E-state index is 6.26. The van der Waals surface area contributed by atoms with Gasteiger partial charge >= 0.3 is 0 Å². The molecule has 0 bridgehead atoms.